The first-order chi connectivity index (χ1) is 15.9. The number of ether oxygens (including phenoxy) is 1. The monoisotopic (exact) mass is 495 g/mol. The highest BCUT2D eigenvalue weighted by Crippen LogP contribution is 2.36. The fourth-order valence-corrected chi connectivity index (χ4v) is 4.48. The summed E-state index contributed by atoms with van der Waals surface area (Å²) in [5.41, 5.74) is 2.89. The zero-order chi connectivity index (χ0) is 23.4. The molecule has 5 nitrogen and oxygen atoms in total. The molecule has 0 aliphatic rings. The number of halogens is 1. The number of hydrogen-bond donors (Lipinski definition) is 2. The predicted octanol–water partition coefficient (Wildman–Crippen LogP) is 6.78. The van der Waals surface area contributed by atoms with Crippen LogP contribution in [0.1, 0.15) is 24.2 Å². The maximum absolute atomic E-state index is 12.7. The van der Waals surface area contributed by atoms with E-state index in [-0.39, 0.29) is 11.0 Å². The van der Waals surface area contributed by atoms with Gasteiger partial charge in [-0.05, 0) is 66.7 Å². The average Bonchev–Trinajstić information content (AvgIpc) is 3.23. The summed E-state index contributed by atoms with van der Waals surface area (Å²) < 4.78 is 6.79. The molecule has 0 radical (unpaired) electrons. The summed E-state index contributed by atoms with van der Waals surface area (Å²) in [6.45, 7) is 4.72. The van der Waals surface area contributed by atoms with Crippen LogP contribution in [0.3, 0.4) is 0 Å². The molecule has 168 valence electrons. The molecule has 0 aliphatic heterocycles. The molecule has 0 atom stereocenters. The van der Waals surface area contributed by atoms with Crippen molar-refractivity contribution in [3.63, 3.8) is 0 Å². The van der Waals surface area contributed by atoms with Gasteiger partial charge < -0.3 is 10.1 Å². The van der Waals surface area contributed by atoms with Gasteiger partial charge in [-0.2, -0.15) is 0 Å². The lowest BCUT2D eigenvalue weighted by atomic mass is 10.2. The first-order valence-corrected chi connectivity index (χ1v) is 12.0. The fraction of sp³-hybridized carbons (Fsp3) is 0.160. The Kier molecular flexibility index (Phi) is 7.23. The highest BCUT2D eigenvalue weighted by molar-refractivity contribution is 7.80. The van der Waals surface area contributed by atoms with Crippen LogP contribution < -0.4 is 15.4 Å². The van der Waals surface area contributed by atoms with Crippen LogP contribution in [0.15, 0.2) is 66.7 Å². The molecule has 0 spiro atoms. The summed E-state index contributed by atoms with van der Waals surface area (Å²) in [6.07, 6.45) is 0. The van der Waals surface area contributed by atoms with Crippen LogP contribution in [0.4, 0.5) is 5.69 Å². The number of hydrogen-bond acceptors (Lipinski definition) is 5. The van der Waals surface area contributed by atoms with Gasteiger partial charge in [0.2, 0.25) is 0 Å². The average molecular weight is 496 g/mol. The highest BCUT2D eigenvalue weighted by Gasteiger charge is 2.14. The molecule has 8 heteroatoms. The number of rotatable bonds is 6. The van der Waals surface area contributed by atoms with Crippen LogP contribution in [0.2, 0.25) is 5.02 Å². The summed E-state index contributed by atoms with van der Waals surface area (Å²) in [5, 5.41) is 7.42. The lowest BCUT2D eigenvalue weighted by Crippen LogP contribution is -2.34. The molecule has 1 heterocycles. The van der Waals surface area contributed by atoms with E-state index in [1.807, 2.05) is 42.5 Å². The Labute approximate surface area is 206 Å². The number of aromatic nitrogens is 1. The Hall–Kier alpha value is -3.00. The number of amides is 1. The number of nitrogens with zero attached hydrogens (tertiary/aromatic N) is 1. The van der Waals surface area contributed by atoms with E-state index in [4.69, 9.17) is 33.5 Å². The van der Waals surface area contributed by atoms with E-state index in [1.54, 1.807) is 35.6 Å². The largest absolute Gasteiger partial charge is 0.493 e. The summed E-state index contributed by atoms with van der Waals surface area (Å²) in [4.78, 5) is 17.5. The Morgan fingerprint density at radius 3 is 2.73 bits per heavy atom. The van der Waals surface area contributed by atoms with Crippen LogP contribution in [0.25, 0.3) is 20.8 Å². The van der Waals surface area contributed by atoms with Crippen molar-refractivity contribution in [1.29, 1.82) is 0 Å². The molecular weight excluding hydrogens is 474 g/mol. The molecule has 1 amide bonds. The molecule has 0 fully saturated rings. The van der Waals surface area contributed by atoms with Crippen molar-refractivity contribution in [2.24, 2.45) is 5.92 Å². The number of para-hydroxylation sites is 1. The van der Waals surface area contributed by atoms with E-state index in [0.29, 0.717) is 34.5 Å². The molecule has 2 N–H and O–H groups in total. The summed E-state index contributed by atoms with van der Waals surface area (Å²) in [7, 11) is 0. The zero-order valence-corrected chi connectivity index (χ0v) is 20.5. The van der Waals surface area contributed by atoms with E-state index < -0.39 is 0 Å². The molecule has 3 aromatic carbocycles. The van der Waals surface area contributed by atoms with Crippen molar-refractivity contribution in [2.45, 2.75) is 13.8 Å². The lowest BCUT2D eigenvalue weighted by Gasteiger charge is -2.13. The molecular formula is C25H22ClN3O2S2. The normalized spacial score (nSPS) is 10.9. The number of fused-ring (bicyclic) bond motifs is 1. The molecule has 33 heavy (non-hydrogen) atoms. The van der Waals surface area contributed by atoms with Gasteiger partial charge in [0.1, 0.15) is 10.8 Å². The van der Waals surface area contributed by atoms with Crippen LogP contribution in [0, 0.1) is 5.92 Å². The van der Waals surface area contributed by atoms with Crippen molar-refractivity contribution in [3.05, 3.63) is 77.3 Å². The van der Waals surface area contributed by atoms with E-state index in [9.17, 15) is 4.79 Å². The second kappa shape index (κ2) is 10.3. The quantitative estimate of drug-likeness (QED) is 0.289. The molecule has 0 aliphatic carbocycles. The number of thiocarbonyl (C=S) groups is 1. The van der Waals surface area contributed by atoms with E-state index in [0.717, 1.165) is 20.8 Å². The van der Waals surface area contributed by atoms with Gasteiger partial charge in [0.15, 0.2) is 5.11 Å². The van der Waals surface area contributed by atoms with Crippen LogP contribution in [0.5, 0.6) is 5.75 Å². The Bertz CT molecular complexity index is 1290. The van der Waals surface area contributed by atoms with E-state index >= 15 is 0 Å². The standard InChI is InChI=1S/C25H22ClN3O2S2/c1-15(2)14-31-18-7-5-6-16(12-18)23(30)29-25(32)28-20-11-10-17(26)13-19(20)24-27-21-8-3-4-9-22(21)33-24/h3-13,15H,14H2,1-2H3,(H2,28,29,30,32). The van der Waals surface area contributed by atoms with Gasteiger partial charge in [-0.1, -0.05) is 43.6 Å². The minimum absolute atomic E-state index is 0.179. The summed E-state index contributed by atoms with van der Waals surface area (Å²) >= 11 is 13.2. The Morgan fingerprint density at radius 1 is 1.12 bits per heavy atom. The smallest absolute Gasteiger partial charge is 0.257 e. The number of anilines is 1. The zero-order valence-electron chi connectivity index (χ0n) is 18.1. The molecule has 4 rings (SSSR count). The van der Waals surface area contributed by atoms with Gasteiger partial charge in [-0.25, -0.2) is 4.98 Å². The minimum Gasteiger partial charge on any atom is -0.493 e. The summed E-state index contributed by atoms with van der Waals surface area (Å²) in [6, 6.07) is 20.4. The number of carbonyl (C=O) groups excluding carboxylic acids is 1. The van der Waals surface area contributed by atoms with Gasteiger partial charge in [0.25, 0.3) is 5.91 Å². The van der Waals surface area contributed by atoms with Crippen LogP contribution in [-0.2, 0) is 0 Å². The van der Waals surface area contributed by atoms with Gasteiger partial charge in [-0.15, -0.1) is 11.3 Å². The number of carbonyl (C=O) groups is 1. The maximum atomic E-state index is 12.7. The summed E-state index contributed by atoms with van der Waals surface area (Å²) in [5.74, 6) is 0.715. The molecule has 4 aromatic rings. The molecule has 0 saturated heterocycles. The number of thiazole rings is 1. The van der Waals surface area contributed by atoms with E-state index in [2.05, 4.69) is 24.5 Å². The molecule has 1 aromatic heterocycles. The lowest BCUT2D eigenvalue weighted by molar-refractivity contribution is 0.0977. The van der Waals surface area contributed by atoms with Gasteiger partial charge in [0, 0.05) is 16.1 Å². The van der Waals surface area contributed by atoms with Crippen molar-refractivity contribution in [2.75, 3.05) is 11.9 Å². The molecule has 0 saturated carbocycles. The fourth-order valence-electron chi connectivity index (χ4n) is 3.11. The minimum atomic E-state index is -0.321. The first kappa shape index (κ1) is 23.2. The third-order valence-electron chi connectivity index (χ3n) is 4.66. The maximum Gasteiger partial charge on any atom is 0.257 e. The van der Waals surface area contributed by atoms with Crippen LogP contribution in [-0.4, -0.2) is 22.6 Å². The predicted molar refractivity (Wildman–Crippen MR) is 141 cm³/mol. The topological polar surface area (TPSA) is 63.2 Å². The van der Waals surface area contributed by atoms with Gasteiger partial charge >= 0.3 is 0 Å². The second-order valence-corrected chi connectivity index (χ2v) is 9.69. The molecule has 0 bridgehead atoms. The second-order valence-electron chi connectivity index (χ2n) is 7.82. The highest BCUT2D eigenvalue weighted by atomic mass is 35.5. The number of benzene rings is 3. The van der Waals surface area contributed by atoms with Gasteiger partial charge in [0.05, 0.1) is 22.5 Å². The first-order valence-electron chi connectivity index (χ1n) is 10.4. The number of nitrogens with one attached hydrogen (secondary N) is 2. The van der Waals surface area contributed by atoms with Crippen molar-refractivity contribution < 1.29 is 9.53 Å². The van der Waals surface area contributed by atoms with Crippen LogP contribution >= 0.6 is 35.2 Å². The SMILES string of the molecule is CC(C)COc1cccc(C(=O)NC(=S)Nc2ccc(Cl)cc2-c2nc3ccccc3s2)c1. The Morgan fingerprint density at radius 2 is 1.94 bits per heavy atom. The third-order valence-corrected chi connectivity index (χ3v) is 6.17. The van der Waals surface area contributed by atoms with Crippen molar-refractivity contribution in [1.82, 2.24) is 10.3 Å². The van der Waals surface area contributed by atoms with Crippen molar-refractivity contribution in [3.8, 4) is 16.3 Å². The van der Waals surface area contributed by atoms with Gasteiger partial charge in [-0.3, -0.25) is 10.1 Å². The van der Waals surface area contributed by atoms with Crippen molar-refractivity contribution >= 4 is 62.1 Å². The third kappa shape index (κ3) is 5.87. The van der Waals surface area contributed by atoms with E-state index in [1.165, 1.54) is 0 Å². The Balaban J connectivity index is 1.50. The molecule has 0 unspecified atom stereocenters.